The van der Waals surface area contributed by atoms with Gasteiger partial charge in [0.1, 0.15) is 0 Å². The number of hydrogen-bond acceptors (Lipinski definition) is 2. The molecule has 0 fully saturated rings. The highest BCUT2D eigenvalue weighted by atomic mass is 16.2. The molecular weight excluding hydrogens is 564 g/mol. The molecule has 0 saturated heterocycles. The Morgan fingerprint density at radius 3 is 1.13 bits per heavy atom. The van der Waals surface area contributed by atoms with E-state index in [1.807, 2.05) is 77.3 Å². The maximum atomic E-state index is 14.5. The minimum absolute atomic E-state index is 0.294. The van der Waals surface area contributed by atoms with Crippen LogP contribution in [0.1, 0.15) is 0 Å². The SMILES string of the molecule is O=c1c2c3ccc(-c4ccccc4)cc3c3ccccc3c2n2c3c4ccccc4c4cc(-c5ccccc5)ccc4c3c(=O)n12. The van der Waals surface area contributed by atoms with Gasteiger partial charge in [-0.05, 0) is 66.7 Å². The Morgan fingerprint density at radius 1 is 0.304 bits per heavy atom. The van der Waals surface area contributed by atoms with Gasteiger partial charge in [-0.25, -0.2) is 4.52 Å². The lowest BCUT2D eigenvalue weighted by molar-refractivity contribution is 0.844. The van der Waals surface area contributed by atoms with Crippen LogP contribution in [0.3, 0.4) is 0 Å². The first-order valence-corrected chi connectivity index (χ1v) is 15.5. The smallest absolute Gasteiger partial charge is 0.267 e. The topological polar surface area (TPSA) is 43.0 Å². The highest BCUT2D eigenvalue weighted by Crippen LogP contribution is 2.40. The van der Waals surface area contributed by atoms with E-state index >= 15 is 0 Å². The summed E-state index contributed by atoms with van der Waals surface area (Å²) in [6.45, 7) is 0. The summed E-state index contributed by atoms with van der Waals surface area (Å²) in [5.74, 6) is 0. The molecule has 214 valence electrons. The van der Waals surface area contributed by atoms with Gasteiger partial charge < -0.3 is 0 Å². The van der Waals surface area contributed by atoms with Gasteiger partial charge in [0.15, 0.2) is 0 Å². The van der Waals surface area contributed by atoms with Crippen molar-refractivity contribution in [3.8, 4) is 22.3 Å². The Balaban J connectivity index is 1.41. The number of benzene rings is 8. The fraction of sp³-hybridized carbons (Fsp3) is 0. The minimum atomic E-state index is -0.294. The Kier molecular flexibility index (Phi) is 4.98. The number of hydrogen-bond donors (Lipinski definition) is 0. The predicted octanol–water partition coefficient (Wildman–Crippen LogP) is 9.45. The van der Waals surface area contributed by atoms with Crippen molar-refractivity contribution in [3.63, 3.8) is 0 Å². The van der Waals surface area contributed by atoms with Gasteiger partial charge in [0.05, 0.1) is 21.8 Å². The van der Waals surface area contributed by atoms with E-state index in [0.717, 1.165) is 76.4 Å². The van der Waals surface area contributed by atoms with E-state index in [9.17, 15) is 9.59 Å². The fourth-order valence-corrected chi connectivity index (χ4v) is 7.63. The van der Waals surface area contributed by atoms with E-state index in [4.69, 9.17) is 0 Å². The quantitative estimate of drug-likeness (QED) is 0.189. The van der Waals surface area contributed by atoms with E-state index in [2.05, 4.69) is 72.8 Å². The van der Waals surface area contributed by atoms with Crippen LogP contribution in [-0.2, 0) is 0 Å². The zero-order valence-corrected chi connectivity index (χ0v) is 24.6. The summed E-state index contributed by atoms with van der Waals surface area (Å²) in [7, 11) is 0. The van der Waals surface area contributed by atoms with E-state index in [-0.39, 0.29) is 11.1 Å². The first-order valence-electron chi connectivity index (χ1n) is 15.5. The summed E-state index contributed by atoms with van der Waals surface area (Å²) in [5, 5.41) is 8.79. The van der Waals surface area contributed by atoms with Crippen LogP contribution in [0.5, 0.6) is 0 Å². The lowest BCUT2D eigenvalue weighted by atomic mass is 9.93. The van der Waals surface area contributed by atoms with Gasteiger partial charge in [0.2, 0.25) is 0 Å². The summed E-state index contributed by atoms with van der Waals surface area (Å²) in [4.78, 5) is 29.1. The lowest BCUT2D eigenvalue weighted by Crippen LogP contribution is -2.21. The van der Waals surface area contributed by atoms with Gasteiger partial charge in [-0.3, -0.25) is 9.59 Å². The second kappa shape index (κ2) is 9.13. The summed E-state index contributed by atoms with van der Waals surface area (Å²) in [6, 6.07) is 49.5. The zero-order chi connectivity index (χ0) is 30.5. The standard InChI is InChI=1S/C42H24N2O2/c45-41-37-31-21-19-27(25-11-3-1-4-12-25)23-35(31)29-15-7-9-17-33(29)39(37)43-40-34-18-10-8-16-30(34)36-24-28(26-13-5-2-6-14-26)20-22-32(36)38(40)42(46)44(41)43/h1-24H. The normalized spacial score (nSPS) is 12.1. The monoisotopic (exact) mass is 588 g/mol. The molecule has 0 bridgehead atoms. The van der Waals surface area contributed by atoms with E-state index in [1.165, 1.54) is 4.52 Å². The summed E-state index contributed by atoms with van der Waals surface area (Å²) < 4.78 is 3.26. The third-order valence-corrected chi connectivity index (χ3v) is 9.65. The second-order valence-corrected chi connectivity index (χ2v) is 12.0. The fourth-order valence-electron chi connectivity index (χ4n) is 7.63. The summed E-state index contributed by atoms with van der Waals surface area (Å²) in [6.07, 6.45) is 0. The molecule has 0 aliphatic carbocycles. The van der Waals surface area contributed by atoms with Gasteiger partial charge in [0.25, 0.3) is 11.1 Å². The first kappa shape index (κ1) is 25.1. The predicted molar refractivity (Wildman–Crippen MR) is 190 cm³/mol. The largest absolute Gasteiger partial charge is 0.283 e. The van der Waals surface area contributed by atoms with Crippen LogP contribution in [0, 0.1) is 0 Å². The molecule has 0 N–H and O–H groups in total. The van der Waals surface area contributed by atoms with Crippen LogP contribution in [-0.4, -0.2) is 9.03 Å². The Hall–Kier alpha value is -6.26. The average molecular weight is 589 g/mol. The van der Waals surface area contributed by atoms with Crippen molar-refractivity contribution in [3.05, 3.63) is 166 Å². The van der Waals surface area contributed by atoms with E-state index in [0.29, 0.717) is 10.8 Å². The Bertz CT molecular complexity index is 2790. The van der Waals surface area contributed by atoms with Crippen LogP contribution >= 0.6 is 0 Å². The summed E-state index contributed by atoms with van der Waals surface area (Å²) in [5.41, 5.74) is 5.33. The third kappa shape index (κ3) is 3.22. The molecule has 0 aliphatic rings. The first-order chi connectivity index (χ1) is 22.7. The molecule has 0 radical (unpaired) electrons. The molecule has 0 amide bonds. The number of rotatable bonds is 2. The Labute approximate surface area is 261 Å². The number of aromatic nitrogens is 2. The van der Waals surface area contributed by atoms with Gasteiger partial charge in [-0.2, -0.15) is 4.52 Å². The molecule has 10 aromatic rings. The van der Waals surface area contributed by atoms with Crippen molar-refractivity contribution in [2.24, 2.45) is 0 Å². The van der Waals surface area contributed by atoms with Crippen molar-refractivity contribution >= 4 is 64.9 Å². The van der Waals surface area contributed by atoms with Crippen LogP contribution in [0.15, 0.2) is 155 Å². The highest BCUT2D eigenvalue weighted by Gasteiger charge is 2.25. The van der Waals surface area contributed by atoms with Crippen LogP contribution < -0.4 is 11.1 Å². The molecule has 4 nitrogen and oxygen atoms in total. The van der Waals surface area contributed by atoms with Crippen molar-refractivity contribution in [1.82, 2.24) is 9.03 Å². The summed E-state index contributed by atoms with van der Waals surface area (Å²) >= 11 is 0. The Morgan fingerprint density at radius 2 is 0.696 bits per heavy atom. The van der Waals surface area contributed by atoms with E-state index < -0.39 is 0 Å². The van der Waals surface area contributed by atoms with Gasteiger partial charge in [0, 0.05) is 10.8 Å². The molecule has 10 rings (SSSR count). The zero-order valence-electron chi connectivity index (χ0n) is 24.6. The van der Waals surface area contributed by atoms with Crippen LogP contribution in [0.4, 0.5) is 0 Å². The molecule has 0 atom stereocenters. The molecule has 2 aromatic heterocycles. The third-order valence-electron chi connectivity index (χ3n) is 9.65. The van der Waals surface area contributed by atoms with Gasteiger partial charge >= 0.3 is 0 Å². The van der Waals surface area contributed by atoms with E-state index in [1.54, 1.807) is 0 Å². The van der Waals surface area contributed by atoms with Crippen LogP contribution in [0.25, 0.3) is 87.1 Å². The van der Waals surface area contributed by atoms with Gasteiger partial charge in [-0.1, -0.05) is 133 Å². The van der Waals surface area contributed by atoms with Crippen LogP contribution in [0.2, 0.25) is 0 Å². The highest BCUT2D eigenvalue weighted by molar-refractivity contribution is 6.28. The van der Waals surface area contributed by atoms with Crippen molar-refractivity contribution in [1.29, 1.82) is 0 Å². The molecule has 0 spiro atoms. The molecule has 2 heterocycles. The van der Waals surface area contributed by atoms with Gasteiger partial charge in [-0.15, -0.1) is 0 Å². The molecule has 4 heteroatoms. The van der Waals surface area contributed by atoms with Crippen molar-refractivity contribution in [2.75, 3.05) is 0 Å². The molecule has 0 saturated carbocycles. The minimum Gasteiger partial charge on any atom is -0.267 e. The van der Waals surface area contributed by atoms with Crippen molar-refractivity contribution < 1.29 is 0 Å². The molecule has 8 aromatic carbocycles. The molecular formula is C42H24N2O2. The molecule has 0 unspecified atom stereocenters. The molecule has 46 heavy (non-hydrogen) atoms. The second-order valence-electron chi connectivity index (χ2n) is 12.0. The average Bonchev–Trinajstić information content (AvgIpc) is 3.60. The molecule has 0 aliphatic heterocycles. The maximum Gasteiger partial charge on any atom is 0.283 e. The number of nitrogens with zero attached hydrogens (tertiary/aromatic N) is 2. The maximum absolute atomic E-state index is 14.5. The number of fused-ring (bicyclic) bond motifs is 15. The van der Waals surface area contributed by atoms with Crippen molar-refractivity contribution in [2.45, 2.75) is 0 Å². The lowest BCUT2D eigenvalue weighted by Gasteiger charge is -2.11.